The van der Waals surface area contributed by atoms with E-state index >= 15 is 0 Å². The minimum atomic E-state index is -0.852. The Morgan fingerprint density at radius 3 is 2.19 bits per heavy atom. The van der Waals surface area contributed by atoms with Gasteiger partial charge in [-0.05, 0) is 38.1 Å². The smallest absolute Gasteiger partial charge is 0.227 e. The molecule has 2 saturated heterocycles. The molecule has 2 aliphatic heterocycles. The highest BCUT2D eigenvalue weighted by atomic mass is 19.1. The van der Waals surface area contributed by atoms with Gasteiger partial charge in [-0.1, -0.05) is 0 Å². The summed E-state index contributed by atoms with van der Waals surface area (Å²) in [4.78, 5) is 15.6. The summed E-state index contributed by atoms with van der Waals surface area (Å²) in [5.74, 6) is -0.928. The highest BCUT2D eigenvalue weighted by Crippen LogP contribution is 2.32. The molecule has 0 saturated carbocycles. The molecule has 2 aliphatic rings. The summed E-state index contributed by atoms with van der Waals surface area (Å²) in [5, 5.41) is 3.11. The van der Waals surface area contributed by atoms with Crippen LogP contribution in [0.15, 0.2) is 36.8 Å². The van der Waals surface area contributed by atoms with E-state index in [1.807, 2.05) is 12.1 Å². The molecular formula is C26H29F2N5O4. The number of piperidine rings is 1. The van der Waals surface area contributed by atoms with E-state index in [0.29, 0.717) is 17.9 Å². The zero-order valence-electron chi connectivity index (χ0n) is 20.7. The van der Waals surface area contributed by atoms with Gasteiger partial charge >= 0.3 is 0 Å². The maximum atomic E-state index is 14.5. The Labute approximate surface area is 213 Å². The van der Waals surface area contributed by atoms with Crippen molar-refractivity contribution < 1.29 is 27.7 Å². The van der Waals surface area contributed by atoms with Gasteiger partial charge in [0.15, 0.2) is 28.9 Å². The third-order valence-corrected chi connectivity index (χ3v) is 6.80. The maximum Gasteiger partial charge on any atom is 0.227 e. The number of halogens is 2. The van der Waals surface area contributed by atoms with Crippen molar-refractivity contribution >= 4 is 11.6 Å². The Bertz CT molecular complexity index is 1170. The Morgan fingerprint density at radius 2 is 1.65 bits per heavy atom. The first-order valence-corrected chi connectivity index (χ1v) is 12.1. The lowest BCUT2D eigenvalue weighted by Gasteiger charge is -2.41. The SMILES string of the molecule is COc1cc(OC)c(F)c(COc2cnc(Nc3ccc(C4CCN(C5COC5)CC4)nc3)nc2)c1F. The minimum absolute atomic E-state index is 0.137. The summed E-state index contributed by atoms with van der Waals surface area (Å²) in [7, 11) is 2.58. The van der Waals surface area contributed by atoms with Crippen molar-refractivity contribution in [2.24, 2.45) is 0 Å². The predicted octanol–water partition coefficient (Wildman–Crippen LogP) is 4.07. The zero-order chi connectivity index (χ0) is 25.8. The minimum Gasteiger partial charge on any atom is -0.494 e. The molecule has 0 bridgehead atoms. The summed E-state index contributed by atoms with van der Waals surface area (Å²) in [6.45, 7) is 3.47. The topological polar surface area (TPSA) is 90.9 Å². The van der Waals surface area contributed by atoms with Crippen LogP contribution < -0.4 is 19.5 Å². The first-order valence-electron chi connectivity index (χ1n) is 12.1. The fourth-order valence-electron chi connectivity index (χ4n) is 4.52. The van der Waals surface area contributed by atoms with E-state index in [2.05, 4.69) is 25.2 Å². The van der Waals surface area contributed by atoms with Crippen molar-refractivity contribution in [2.45, 2.75) is 31.4 Å². The Hall–Kier alpha value is -3.57. The molecular weight excluding hydrogens is 484 g/mol. The molecule has 5 rings (SSSR count). The summed E-state index contributed by atoms with van der Waals surface area (Å²) in [6, 6.07) is 5.74. The van der Waals surface area contributed by atoms with Crippen molar-refractivity contribution in [3.05, 3.63) is 59.7 Å². The number of aromatic nitrogens is 3. The second-order valence-electron chi connectivity index (χ2n) is 9.02. The molecule has 9 nitrogen and oxygen atoms in total. The molecule has 4 heterocycles. The second kappa shape index (κ2) is 11.2. The lowest BCUT2D eigenvalue weighted by molar-refractivity contribution is -0.0713. The van der Waals surface area contributed by atoms with Crippen LogP contribution in [0.3, 0.4) is 0 Å². The van der Waals surface area contributed by atoms with Crippen LogP contribution in [0.5, 0.6) is 17.2 Å². The average molecular weight is 514 g/mol. The lowest BCUT2D eigenvalue weighted by Crippen LogP contribution is -2.51. The first kappa shape index (κ1) is 25.1. The predicted molar refractivity (Wildman–Crippen MR) is 132 cm³/mol. The van der Waals surface area contributed by atoms with Gasteiger partial charge in [0.05, 0.1) is 63.3 Å². The van der Waals surface area contributed by atoms with Gasteiger partial charge in [0.25, 0.3) is 0 Å². The molecule has 0 atom stereocenters. The fourth-order valence-corrected chi connectivity index (χ4v) is 4.52. The van der Waals surface area contributed by atoms with Crippen LogP contribution in [0.2, 0.25) is 0 Å². The number of methoxy groups -OCH3 is 2. The van der Waals surface area contributed by atoms with Gasteiger partial charge in [0, 0.05) is 17.7 Å². The van der Waals surface area contributed by atoms with E-state index in [4.69, 9.17) is 18.9 Å². The lowest BCUT2D eigenvalue weighted by atomic mass is 9.92. The Morgan fingerprint density at radius 1 is 0.973 bits per heavy atom. The number of pyridine rings is 1. The molecule has 0 unspecified atom stereocenters. The molecule has 0 amide bonds. The van der Waals surface area contributed by atoms with Crippen molar-refractivity contribution in [3.63, 3.8) is 0 Å². The normalized spacial score (nSPS) is 16.8. The van der Waals surface area contributed by atoms with E-state index < -0.39 is 11.6 Å². The molecule has 2 aromatic heterocycles. The maximum absolute atomic E-state index is 14.5. The van der Waals surface area contributed by atoms with E-state index in [1.165, 1.54) is 26.6 Å². The fraction of sp³-hybridized carbons (Fsp3) is 0.423. The highest BCUT2D eigenvalue weighted by Gasteiger charge is 2.30. The van der Waals surface area contributed by atoms with Crippen LogP contribution in [-0.4, -0.2) is 66.4 Å². The zero-order valence-corrected chi connectivity index (χ0v) is 20.7. The van der Waals surface area contributed by atoms with Crippen LogP contribution in [0.1, 0.15) is 30.0 Å². The molecule has 2 fully saturated rings. The van der Waals surface area contributed by atoms with E-state index in [0.717, 1.165) is 56.6 Å². The largest absolute Gasteiger partial charge is 0.494 e. The van der Waals surface area contributed by atoms with Crippen molar-refractivity contribution in [1.82, 2.24) is 19.9 Å². The van der Waals surface area contributed by atoms with Gasteiger partial charge in [0.2, 0.25) is 5.95 Å². The van der Waals surface area contributed by atoms with Crippen molar-refractivity contribution in [2.75, 3.05) is 45.8 Å². The number of hydrogen-bond acceptors (Lipinski definition) is 9. The number of nitrogens with zero attached hydrogens (tertiary/aromatic N) is 4. The first-order chi connectivity index (χ1) is 18.1. The molecule has 11 heteroatoms. The standard InChI is InChI=1S/C26H29F2N5O4/c1-34-22-9-23(35-2)25(28)20(24(22)27)15-37-19-11-30-26(31-12-19)32-17-3-4-21(29-10-17)16-5-7-33(8-6-16)18-13-36-14-18/h3-4,9-12,16,18H,5-8,13-15H2,1-2H3,(H,30,31,32). The molecule has 196 valence electrons. The Balaban J connectivity index is 1.15. The van der Waals surface area contributed by atoms with E-state index in [1.54, 1.807) is 6.20 Å². The molecule has 0 aliphatic carbocycles. The molecule has 0 radical (unpaired) electrons. The quantitative estimate of drug-likeness (QED) is 0.455. The second-order valence-corrected chi connectivity index (χ2v) is 9.02. The molecule has 1 aromatic carbocycles. The van der Waals surface area contributed by atoms with Crippen LogP contribution in [-0.2, 0) is 11.3 Å². The van der Waals surface area contributed by atoms with Gasteiger partial charge in [-0.15, -0.1) is 0 Å². The molecule has 3 aromatic rings. The third kappa shape index (κ3) is 5.57. The number of rotatable bonds is 9. The van der Waals surface area contributed by atoms with Crippen molar-refractivity contribution in [1.29, 1.82) is 0 Å². The van der Waals surface area contributed by atoms with Gasteiger partial charge in [0.1, 0.15) is 6.61 Å². The van der Waals surface area contributed by atoms with Gasteiger partial charge < -0.3 is 24.3 Å². The highest BCUT2D eigenvalue weighted by molar-refractivity contribution is 5.51. The number of ether oxygens (including phenoxy) is 4. The van der Waals surface area contributed by atoms with Crippen LogP contribution >= 0.6 is 0 Å². The molecule has 37 heavy (non-hydrogen) atoms. The van der Waals surface area contributed by atoms with Gasteiger partial charge in [-0.25, -0.2) is 18.7 Å². The van der Waals surface area contributed by atoms with Crippen molar-refractivity contribution in [3.8, 4) is 17.2 Å². The van der Waals surface area contributed by atoms with Gasteiger partial charge in [-0.2, -0.15) is 0 Å². The number of likely N-dealkylation sites (tertiary alicyclic amines) is 1. The molecule has 0 spiro atoms. The van der Waals surface area contributed by atoms with Crippen LogP contribution in [0, 0.1) is 11.6 Å². The summed E-state index contributed by atoms with van der Waals surface area (Å²) >= 11 is 0. The average Bonchev–Trinajstić information content (AvgIpc) is 2.90. The number of benzene rings is 1. The number of anilines is 2. The Kier molecular flexibility index (Phi) is 7.61. The summed E-state index contributed by atoms with van der Waals surface area (Å²) in [5.41, 5.74) is 1.54. The number of nitrogens with one attached hydrogen (secondary N) is 1. The number of hydrogen-bond donors (Lipinski definition) is 1. The van der Waals surface area contributed by atoms with E-state index in [-0.39, 0.29) is 29.4 Å². The van der Waals surface area contributed by atoms with Crippen LogP contribution in [0.25, 0.3) is 0 Å². The summed E-state index contributed by atoms with van der Waals surface area (Å²) < 4.78 is 49.7. The molecule has 1 N–H and O–H groups in total. The third-order valence-electron chi connectivity index (χ3n) is 6.80. The monoisotopic (exact) mass is 513 g/mol. The van der Waals surface area contributed by atoms with E-state index in [9.17, 15) is 8.78 Å². The van der Waals surface area contributed by atoms with Gasteiger partial charge in [-0.3, -0.25) is 9.88 Å². The summed E-state index contributed by atoms with van der Waals surface area (Å²) in [6.07, 6.45) is 6.81. The van der Waals surface area contributed by atoms with Crippen LogP contribution in [0.4, 0.5) is 20.4 Å².